The second-order valence-corrected chi connectivity index (χ2v) is 4.69. The molecule has 1 nitrogen and oxygen atoms in total. The summed E-state index contributed by atoms with van der Waals surface area (Å²) in [5, 5.41) is 0.855. The first-order valence-corrected chi connectivity index (χ1v) is 6.25. The minimum absolute atomic E-state index is 0.855. The summed E-state index contributed by atoms with van der Waals surface area (Å²) < 4.78 is 0. The van der Waals surface area contributed by atoms with Crippen LogP contribution in [0.2, 0.25) is 5.02 Å². The Morgan fingerprint density at radius 3 is 2.65 bits per heavy atom. The Bertz CT molecular complexity index is 503. The highest BCUT2D eigenvalue weighted by Gasteiger charge is 2.02. The maximum Gasteiger partial charge on any atom is 0.0447 e. The van der Waals surface area contributed by atoms with Gasteiger partial charge in [-0.15, -0.1) is 0 Å². The minimum Gasteiger partial charge on any atom is -0.261 e. The highest BCUT2D eigenvalue weighted by molar-refractivity contribution is 6.31. The third kappa shape index (κ3) is 3.07. The minimum atomic E-state index is 0.855. The molecule has 0 fully saturated rings. The van der Waals surface area contributed by atoms with Crippen LogP contribution in [0.4, 0.5) is 0 Å². The van der Waals surface area contributed by atoms with E-state index in [2.05, 4.69) is 36.2 Å². The molecule has 2 aromatic rings. The lowest BCUT2D eigenvalue weighted by Gasteiger charge is -2.06. The SMILES string of the molecule is CCc1cc(Cc2ccc(C)cn2)ccc1Cl. The summed E-state index contributed by atoms with van der Waals surface area (Å²) in [6.07, 6.45) is 3.74. The molecule has 88 valence electrons. The predicted molar refractivity (Wildman–Crippen MR) is 72.6 cm³/mol. The van der Waals surface area contributed by atoms with Gasteiger partial charge in [0.2, 0.25) is 0 Å². The van der Waals surface area contributed by atoms with Crippen LogP contribution in [-0.2, 0) is 12.8 Å². The zero-order valence-corrected chi connectivity index (χ0v) is 11.0. The Labute approximate surface area is 107 Å². The third-order valence-corrected chi connectivity index (χ3v) is 3.22. The number of rotatable bonds is 3. The molecule has 0 amide bonds. The fourth-order valence-corrected chi connectivity index (χ4v) is 2.07. The Balaban J connectivity index is 2.21. The number of hydrogen-bond donors (Lipinski definition) is 0. The summed E-state index contributed by atoms with van der Waals surface area (Å²) in [6.45, 7) is 4.17. The van der Waals surface area contributed by atoms with Gasteiger partial charge >= 0.3 is 0 Å². The van der Waals surface area contributed by atoms with Crippen LogP contribution in [0.15, 0.2) is 36.5 Å². The Morgan fingerprint density at radius 2 is 2.00 bits per heavy atom. The van der Waals surface area contributed by atoms with Crippen LogP contribution in [-0.4, -0.2) is 4.98 Å². The van der Waals surface area contributed by atoms with Crippen LogP contribution in [0.3, 0.4) is 0 Å². The molecule has 0 unspecified atom stereocenters. The van der Waals surface area contributed by atoms with Crippen molar-refractivity contribution in [3.63, 3.8) is 0 Å². The van der Waals surface area contributed by atoms with E-state index in [1.54, 1.807) is 0 Å². The summed E-state index contributed by atoms with van der Waals surface area (Å²) in [6, 6.07) is 10.4. The van der Waals surface area contributed by atoms with Crippen molar-refractivity contribution >= 4 is 11.6 Å². The highest BCUT2D eigenvalue weighted by Crippen LogP contribution is 2.19. The molecule has 0 atom stereocenters. The van der Waals surface area contributed by atoms with Gasteiger partial charge in [0.15, 0.2) is 0 Å². The maximum absolute atomic E-state index is 6.10. The Morgan fingerprint density at radius 1 is 1.18 bits per heavy atom. The van der Waals surface area contributed by atoms with Crippen LogP contribution in [0, 0.1) is 6.92 Å². The van der Waals surface area contributed by atoms with Gasteiger partial charge in [0.1, 0.15) is 0 Å². The van der Waals surface area contributed by atoms with Crippen LogP contribution < -0.4 is 0 Å². The van der Waals surface area contributed by atoms with Crippen molar-refractivity contribution in [1.29, 1.82) is 0 Å². The zero-order chi connectivity index (χ0) is 12.3. The first kappa shape index (κ1) is 12.1. The molecule has 0 aliphatic carbocycles. The van der Waals surface area contributed by atoms with Gasteiger partial charge in [-0.3, -0.25) is 4.98 Å². The molecule has 1 aromatic heterocycles. The quantitative estimate of drug-likeness (QED) is 0.790. The van der Waals surface area contributed by atoms with E-state index >= 15 is 0 Å². The molecule has 1 aromatic carbocycles. The third-order valence-electron chi connectivity index (χ3n) is 2.85. The van der Waals surface area contributed by atoms with Crippen molar-refractivity contribution < 1.29 is 0 Å². The first-order valence-electron chi connectivity index (χ1n) is 5.88. The molecule has 0 aliphatic heterocycles. The summed E-state index contributed by atoms with van der Waals surface area (Å²) in [5.41, 5.74) is 4.76. The molecule has 0 spiro atoms. The van der Waals surface area contributed by atoms with Gasteiger partial charge in [0.05, 0.1) is 0 Å². The molecule has 0 aliphatic rings. The standard InChI is InChI=1S/C15H16ClN/c1-3-13-8-12(5-7-15(13)16)9-14-6-4-11(2)10-17-14/h4-8,10H,3,9H2,1-2H3. The lowest BCUT2D eigenvalue weighted by Crippen LogP contribution is -1.94. The predicted octanol–water partition coefficient (Wildman–Crippen LogP) is 4.20. The number of aryl methyl sites for hydroxylation is 2. The summed E-state index contributed by atoms with van der Waals surface area (Å²) in [7, 11) is 0. The van der Waals surface area contributed by atoms with E-state index < -0.39 is 0 Å². The topological polar surface area (TPSA) is 12.9 Å². The molecular formula is C15H16ClN. The number of pyridine rings is 1. The molecule has 0 radical (unpaired) electrons. The number of hydrogen-bond acceptors (Lipinski definition) is 1. The lowest BCUT2D eigenvalue weighted by molar-refractivity contribution is 1.05. The molecule has 17 heavy (non-hydrogen) atoms. The van der Waals surface area contributed by atoms with E-state index in [-0.39, 0.29) is 0 Å². The largest absolute Gasteiger partial charge is 0.261 e. The Hall–Kier alpha value is -1.34. The van der Waals surface area contributed by atoms with Crippen LogP contribution in [0.5, 0.6) is 0 Å². The van der Waals surface area contributed by atoms with Crippen molar-refractivity contribution in [2.24, 2.45) is 0 Å². The number of aromatic nitrogens is 1. The van der Waals surface area contributed by atoms with Crippen LogP contribution >= 0.6 is 11.6 Å². The average Bonchev–Trinajstić information content (AvgIpc) is 2.34. The van der Waals surface area contributed by atoms with Crippen molar-refractivity contribution in [1.82, 2.24) is 4.98 Å². The molecule has 1 heterocycles. The van der Waals surface area contributed by atoms with Crippen LogP contribution in [0.1, 0.15) is 29.3 Å². The summed E-state index contributed by atoms with van der Waals surface area (Å²) >= 11 is 6.10. The zero-order valence-electron chi connectivity index (χ0n) is 10.2. The average molecular weight is 246 g/mol. The molecule has 0 N–H and O–H groups in total. The molecule has 0 saturated carbocycles. The van der Waals surface area contributed by atoms with E-state index in [1.807, 2.05) is 19.2 Å². The van der Waals surface area contributed by atoms with E-state index in [1.165, 1.54) is 16.7 Å². The monoisotopic (exact) mass is 245 g/mol. The van der Waals surface area contributed by atoms with Crippen molar-refractivity contribution in [2.45, 2.75) is 26.7 Å². The van der Waals surface area contributed by atoms with Crippen LogP contribution in [0.25, 0.3) is 0 Å². The molecule has 2 heteroatoms. The highest BCUT2D eigenvalue weighted by atomic mass is 35.5. The van der Waals surface area contributed by atoms with E-state index in [0.717, 1.165) is 23.6 Å². The van der Waals surface area contributed by atoms with Gasteiger partial charge in [-0.1, -0.05) is 36.7 Å². The first-order chi connectivity index (χ1) is 8.19. The second-order valence-electron chi connectivity index (χ2n) is 4.28. The van der Waals surface area contributed by atoms with Crippen molar-refractivity contribution in [3.8, 4) is 0 Å². The second kappa shape index (κ2) is 5.33. The molecule has 2 rings (SSSR count). The van der Waals surface area contributed by atoms with Gasteiger partial charge in [0.25, 0.3) is 0 Å². The van der Waals surface area contributed by atoms with E-state index in [0.29, 0.717) is 0 Å². The van der Waals surface area contributed by atoms with E-state index in [9.17, 15) is 0 Å². The smallest absolute Gasteiger partial charge is 0.0447 e. The van der Waals surface area contributed by atoms with Gasteiger partial charge in [-0.25, -0.2) is 0 Å². The van der Waals surface area contributed by atoms with Gasteiger partial charge < -0.3 is 0 Å². The van der Waals surface area contributed by atoms with Gasteiger partial charge in [0, 0.05) is 23.3 Å². The number of halogens is 1. The number of nitrogens with zero attached hydrogens (tertiary/aromatic N) is 1. The van der Waals surface area contributed by atoms with Gasteiger partial charge in [-0.2, -0.15) is 0 Å². The molecular weight excluding hydrogens is 230 g/mol. The lowest BCUT2D eigenvalue weighted by atomic mass is 10.0. The summed E-state index contributed by atoms with van der Waals surface area (Å²) in [4.78, 5) is 4.42. The fraction of sp³-hybridized carbons (Fsp3) is 0.267. The van der Waals surface area contributed by atoms with Crippen molar-refractivity contribution in [2.75, 3.05) is 0 Å². The van der Waals surface area contributed by atoms with E-state index in [4.69, 9.17) is 11.6 Å². The number of benzene rings is 1. The molecule has 0 bridgehead atoms. The molecule has 0 saturated heterocycles. The van der Waals surface area contributed by atoms with Gasteiger partial charge in [-0.05, 0) is 42.2 Å². The summed E-state index contributed by atoms with van der Waals surface area (Å²) in [5.74, 6) is 0. The van der Waals surface area contributed by atoms with Crippen molar-refractivity contribution in [3.05, 3.63) is 63.9 Å². The Kier molecular flexibility index (Phi) is 3.80. The maximum atomic E-state index is 6.10. The normalized spacial score (nSPS) is 10.5. The fourth-order valence-electron chi connectivity index (χ4n) is 1.82.